The topological polar surface area (TPSA) is 160 Å². The van der Waals surface area contributed by atoms with Crippen molar-refractivity contribution in [3.05, 3.63) is 46.5 Å². The zero-order valence-electron chi connectivity index (χ0n) is 33.4. The van der Waals surface area contributed by atoms with Crippen LogP contribution in [0.2, 0.25) is 5.02 Å². The maximum atomic E-state index is 14.2. The molecule has 0 saturated carbocycles. The van der Waals surface area contributed by atoms with Crippen molar-refractivity contribution in [2.75, 3.05) is 46.8 Å². The number of carbonyl (C=O) groups excluding carboxylic acids is 4. The van der Waals surface area contributed by atoms with E-state index in [2.05, 4.69) is 11.2 Å². The Morgan fingerprint density at radius 1 is 1.24 bits per heavy atom. The predicted octanol–water partition coefficient (Wildman–Crippen LogP) is 3.86. The monoisotopic (exact) mass is 786 g/mol. The van der Waals surface area contributed by atoms with Crippen LogP contribution in [0.25, 0.3) is 0 Å². The summed E-state index contributed by atoms with van der Waals surface area (Å²) < 4.78 is 29.2. The minimum Gasteiger partial charge on any atom is -0.495 e. The number of hydrogen-bond acceptors (Lipinski definition) is 11. The van der Waals surface area contributed by atoms with Gasteiger partial charge in [-0.3, -0.25) is 14.9 Å². The molecule has 3 aliphatic heterocycles. The quantitative estimate of drug-likeness (QED) is 0.213. The molecule has 3 amide bonds. The van der Waals surface area contributed by atoms with Gasteiger partial charge in [-0.1, -0.05) is 48.2 Å². The Balaban J connectivity index is 1.75. The number of nitrogens with one attached hydrogen (secondary N) is 1. The van der Waals surface area contributed by atoms with Crippen molar-refractivity contribution >= 4 is 41.2 Å². The number of alkyl carbamates (subject to hydrolysis) is 1. The third kappa shape index (κ3) is 9.82. The molecule has 0 unspecified atom stereocenters. The lowest BCUT2D eigenvalue weighted by Crippen LogP contribution is -2.63. The Hall–Kier alpha value is -4.13. The SMILES string of the molecule is C#C[C@@H](C(=O)O[C@H]1CC(=O)N(C)c2cc(cc(OC)c2Cl)C/C(C)=C/C=C/[C@@H](OC)[C@@]2(O)C[C@H](OC(=O)N2)[C@@H](C)[C@@H]2O[C@@]12C)N(C)C(=O)CCN(C)C(C)C. The molecule has 55 heavy (non-hydrogen) atoms. The van der Waals surface area contributed by atoms with E-state index < -0.39 is 65.7 Å². The number of anilines is 1. The van der Waals surface area contributed by atoms with E-state index in [4.69, 9.17) is 41.7 Å². The van der Waals surface area contributed by atoms with Crippen LogP contribution in [0.15, 0.2) is 35.9 Å². The fourth-order valence-electron chi connectivity index (χ4n) is 7.00. The summed E-state index contributed by atoms with van der Waals surface area (Å²) >= 11 is 6.77. The number of nitrogens with zero attached hydrogens (tertiary/aromatic N) is 3. The molecule has 1 aromatic carbocycles. The van der Waals surface area contributed by atoms with Gasteiger partial charge >= 0.3 is 12.1 Å². The van der Waals surface area contributed by atoms with E-state index in [1.165, 1.54) is 26.2 Å². The number of rotatable bonds is 9. The third-order valence-corrected chi connectivity index (χ3v) is 11.3. The van der Waals surface area contributed by atoms with Gasteiger partial charge in [0.2, 0.25) is 11.8 Å². The van der Waals surface area contributed by atoms with Crippen molar-refractivity contribution < 1.29 is 48.0 Å². The zero-order valence-corrected chi connectivity index (χ0v) is 34.1. The molecule has 2 fully saturated rings. The molecule has 0 aliphatic carbocycles. The summed E-state index contributed by atoms with van der Waals surface area (Å²) in [5.41, 5.74) is -1.06. The second-order valence-corrected chi connectivity index (χ2v) is 15.5. The highest BCUT2D eigenvalue weighted by molar-refractivity contribution is 6.35. The summed E-state index contributed by atoms with van der Waals surface area (Å²) in [6.45, 7) is 9.84. The number of terminal acetylenes is 1. The second kappa shape index (κ2) is 17.8. The van der Waals surface area contributed by atoms with Crippen LogP contribution in [-0.4, -0.2) is 129 Å². The van der Waals surface area contributed by atoms with Crippen LogP contribution in [0.5, 0.6) is 5.75 Å². The summed E-state index contributed by atoms with van der Waals surface area (Å²) in [5, 5.41) is 14.5. The molecule has 3 heterocycles. The second-order valence-electron chi connectivity index (χ2n) is 15.1. The molecule has 0 radical (unpaired) electrons. The first-order valence-corrected chi connectivity index (χ1v) is 18.7. The molecule has 14 nitrogen and oxygen atoms in total. The predicted molar refractivity (Wildman–Crippen MR) is 206 cm³/mol. The largest absolute Gasteiger partial charge is 0.495 e. The van der Waals surface area contributed by atoms with E-state index in [9.17, 15) is 24.3 Å². The maximum absolute atomic E-state index is 14.2. The summed E-state index contributed by atoms with van der Waals surface area (Å²) in [5.74, 6) is 0.412. The van der Waals surface area contributed by atoms with Crippen molar-refractivity contribution in [3.8, 4) is 18.1 Å². The Labute approximate surface area is 329 Å². The average molecular weight is 787 g/mol. The fraction of sp³-hybridized carbons (Fsp3) is 0.600. The molecule has 2 N–H and O–H groups in total. The first-order valence-electron chi connectivity index (χ1n) is 18.3. The number of carbonyl (C=O) groups is 4. The number of ether oxygens (including phenoxy) is 5. The number of hydrogen-bond donors (Lipinski definition) is 2. The number of halogens is 1. The first kappa shape index (κ1) is 43.6. The lowest BCUT2D eigenvalue weighted by atomic mass is 9.83. The van der Waals surface area contributed by atoms with E-state index in [1.54, 1.807) is 45.2 Å². The molecule has 0 spiro atoms. The lowest BCUT2D eigenvalue weighted by molar-refractivity contribution is -0.160. The van der Waals surface area contributed by atoms with E-state index >= 15 is 0 Å². The number of methoxy groups -OCH3 is 2. The van der Waals surface area contributed by atoms with Gasteiger partial charge in [-0.2, -0.15) is 0 Å². The number of esters is 1. The van der Waals surface area contributed by atoms with Crippen LogP contribution in [0.3, 0.4) is 0 Å². The molecular formula is C40H55ClN4O10. The average Bonchev–Trinajstić information content (AvgIpc) is 3.83. The van der Waals surface area contributed by atoms with Crippen molar-refractivity contribution in [2.45, 2.75) is 108 Å². The highest BCUT2D eigenvalue weighted by Crippen LogP contribution is 2.49. The molecule has 3 aliphatic rings. The lowest BCUT2D eigenvalue weighted by Gasteiger charge is -2.42. The molecular weight excluding hydrogens is 732 g/mol. The highest BCUT2D eigenvalue weighted by atomic mass is 35.5. The van der Waals surface area contributed by atoms with Crippen LogP contribution in [0, 0.1) is 18.3 Å². The summed E-state index contributed by atoms with van der Waals surface area (Å²) in [6, 6.07) is 2.37. The van der Waals surface area contributed by atoms with Crippen molar-refractivity contribution in [3.63, 3.8) is 0 Å². The molecule has 15 heteroatoms. The molecule has 302 valence electrons. The van der Waals surface area contributed by atoms with Crippen molar-refractivity contribution in [1.29, 1.82) is 0 Å². The Morgan fingerprint density at radius 2 is 1.93 bits per heavy atom. The van der Waals surface area contributed by atoms with Crippen LogP contribution >= 0.6 is 11.6 Å². The third-order valence-electron chi connectivity index (χ3n) is 10.9. The molecule has 4 bridgehead atoms. The van der Waals surface area contributed by atoms with Crippen LogP contribution in [0.4, 0.5) is 10.5 Å². The van der Waals surface area contributed by atoms with Crippen LogP contribution in [0.1, 0.15) is 59.4 Å². The van der Waals surface area contributed by atoms with Gasteiger partial charge in [0.1, 0.15) is 34.7 Å². The zero-order chi connectivity index (χ0) is 41.0. The summed E-state index contributed by atoms with van der Waals surface area (Å²) in [6.07, 6.45) is 6.53. The minimum absolute atomic E-state index is 0.0737. The Morgan fingerprint density at radius 3 is 2.55 bits per heavy atom. The molecule has 1 aromatic rings. The van der Waals surface area contributed by atoms with Crippen molar-refractivity contribution in [1.82, 2.24) is 15.1 Å². The van der Waals surface area contributed by atoms with Gasteiger partial charge in [0.05, 0.1) is 25.3 Å². The van der Waals surface area contributed by atoms with E-state index in [0.717, 1.165) is 16.0 Å². The minimum atomic E-state index is -1.85. The van der Waals surface area contributed by atoms with E-state index in [0.29, 0.717) is 24.4 Å². The fourth-order valence-corrected chi connectivity index (χ4v) is 7.31. The number of epoxide rings is 1. The van der Waals surface area contributed by atoms with Gasteiger partial charge in [0, 0.05) is 52.6 Å². The normalized spacial score (nSPS) is 30.5. The number of allylic oxidation sites excluding steroid dienone is 3. The number of amides is 3. The van der Waals surface area contributed by atoms with Gasteiger partial charge in [-0.25, -0.2) is 9.59 Å². The smallest absolute Gasteiger partial charge is 0.409 e. The van der Waals surface area contributed by atoms with Gasteiger partial charge < -0.3 is 43.5 Å². The van der Waals surface area contributed by atoms with E-state index in [-0.39, 0.29) is 36.2 Å². The van der Waals surface area contributed by atoms with Gasteiger partial charge in [0.15, 0.2) is 11.8 Å². The van der Waals surface area contributed by atoms with E-state index in [1.807, 2.05) is 38.8 Å². The number of aliphatic hydroxyl groups is 1. The van der Waals surface area contributed by atoms with Gasteiger partial charge in [0.25, 0.3) is 0 Å². The van der Waals surface area contributed by atoms with Crippen LogP contribution < -0.4 is 15.0 Å². The van der Waals surface area contributed by atoms with Crippen LogP contribution in [-0.2, 0) is 39.8 Å². The maximum Gasteiger partial charge on any atom is 0.409 e. The summed E-state index contributed by atoms with van der Waals surface area (Å²) in [7, 11) is 7.78. The highest BCUT2D eigenvalue weighted by Gasteiger charge is 2.64. The molecule has 2 saturated heterocycles. The number of fused-ring (bicyclic) bond motifs is 5. The number of likely N-dealkylation sites (N-methyl/N-ethyl adjacent to an activating group) is 1. The molecule has 8 atom stereocenters. The Kier molecular flexibility index (Phi) is 14.1. The first-order chi connectivity index (χ1) is 25.8. The Bertz CT molecular complexity index is 1730. The van der Waals surface area contributed by atoms with Crippen molar-refractivity contribution in [2.24, 2.45) is 5.92 Å². The molecule has 0 aromatic heterocycles. The summed E-state index contributed by atoms with van der Waals surface area (Å²) in [4.78, 5) is 58.7. The standard InChI is InChI=1S/C40H55ClN4O10/c1-12-27(44(8)33(46)16-17-43(7)23(2)3)37(48)54-32-21-34(47)45(9)28-19-26(20-29(51-10)35(28)41)18-24(4)14-13-15-31(52-11)40(50)22-30(53-38(49)42-40)25(5)36-39(32,6)55-36/h1,13-15,19-20,23,25,27,30-32,36,50H,16-18,21-22H2,2-11H3,(H,42,49)/b15-13+,24-14+/t25-,27+,30+,31-,32+,36+,39+,40+/m1/s1. The molecule has 4 rings (SSSR count). The van der Waals surface area contributed by atoms with Gasteiger partial charge in [-0.15, -0.1) is 6.42 Å². The number of benzene rings is 1. The van der Waals surface area contributed by atoms with Gasteiger partial charge in [-0.05, 0) is 58.9 Å².